The van der Waals surface area contributed by atoms with Gasteiger partial charge in [-0.15, -0.1) is 11.3 Å². The average molecular weight is 453 g/mol. The Bertz CT molecular complexity index is 1460. The smallest absolute Gasteiger partial charge is 0.437 e. The molecule has 0 bridgehead atoms. The normalized spacial score (nSPS) is 11.1. The largest absolute Gasteiger partial charge is 0.505 e. The monoisotopic (exact) mass is 452 g/mol. The van der Waals surface area contributed by atoms with E-state index in [1.807, 2.05) is 24.3 Å². The van der Waals surface area contributed by atoms with E-state index in [4.69, 9.17) is 16.1 Å². The Morgan fingerprint density at radius 2 is 2.13 bits per heavy atom. The Hall–Kier alpha value is -3.69. The van der Waals surface area contributed by atoms with Crippen molar-refractivity contribution in [2.24, 2.45) is 0 Å². The van der Waals surface area contributed by atoms with E-state index in [0.29, 0.717) is 39.2 Å². The van der Waals surface area contributed by atoms with Gasteiger partial charge in [0.2, 0.25) is 5.69 Å². The van der Waals surface area contributed by atoms with Crippen LogP contribution in [0.4, 0.5) is 5.13 Å². The molecule has 0 saturated carbocycles. The summed E-state index contributed by atoms with van der Waals surface area (Å²) in [5.41, 5.74) is 2.04. The standard InChI is InChI=1S/C21H14ClN5O3S/c22-14-4-1-5-15(9-14)27-18(20(29)30-26-27)16-11-31-21(25-16)24-10-13-7-6-12-3-2-8-23-17(12)19(13)28/h1-9,11H,10H2,(H2-,24,25,26,28,29)/p+1. The van der Waals surface area contributed by atoms with Crippen LogP contribution in [-0.2, 0) is 6.54 Å². The number of phenolic OH excluding ortho intramolecular Hbond substituents is 1. The van der Waals surface area contributed by atoms with Crippen LogP contribution in [0.15, 0.2) is 69.4 Å². The number of fused-ring (bicyclic) bond motifs is 1. The maximum atomic E-state index is 12.3. The number of benzene rings is 2. The van der Waals surface area contributed by atoms with Gasteiger partial charge in [-0.1, -0.05) is 35.9 Å². The third-order valence-electron chi connectivity index (χ3n) is 4.72. The zero-order chi connectivity index (χ0) is 21.4. The van der Waals surface area contributed by atoms with Gasteiger partial charge in [-0.2, -0.15) is 0 Å². The Morgan fingerprint density at radius 1 is 1.23 bits per heavy atom. The van der Waals surface area contributed by atoms with Gasteiger partial charge in [-0.3, -0.25) is 9.51 Å². The van der Waals surface area contributed by atoms with E-state index in [9.17, 15) is 9.90 Å². The first-order chi connectivity index (χ1) is 15.1. The molecule has 0 radical (unpaired) electrons. The molecule has 0 aliphatic heterocycles. The third kappa shape index (κ3) is 3.65. The Morgan fingerprint density at radius 3 is 3.00 bits per heavy atom. The van der Waals surface area contributed by atoms with E-state index < -0.39 is 5.63 Å². The molecule has 0 atom stereocenters. The first-order valence-corrected chi connectivity index (χ1v) is 10.5. The molecule has 0 unspecified atom stereocenters. The molecule has 0 aliphatic rings. The Balaban J connectivity index is 1.41. The van der Waals surface area contributed by atoms with Crippen LogP contribution in [-0.4, -0.2) is 20.3 Å². The molecule has 3 N–H and O–H groups in total. The quantitative estimate of drug-likeness (QED) is 0.349. The zero-order valence-electron chi connectivity index (χ0n) is 15.9. The summed E-state index contributed by atoms with van der Waals surface area (Å²) in [6, 6.07) is 14.5. The predicted octanol–water partition coefficient (Wildman–Crippen LogP) is 3.89. The van der Waals surface area contributed by atoms with Gasteiger partial charge in [0.05, 0.1) is 0 Å². The second-order valence-corrected chi connectivity index (χ2v) is 7.98. The van der Waals surface area contributed by atoms with Crippen molar-refractivity contribution in [2.45, 2.75) is 6.54 Å². The lowest BCUT2D eigenvalue weighted by molar-refractivity contribution is -0.660. The molecule has 10 heteroatoms. The molecule has 0 saturated heterocycles. The predicted molar refractivity (Wildman–Crippen MR) is 118 cm³/mol. The molecule has 8 nitrogen and oxygen atoms in total. The number of phenols is 1. The maximum Gasteiger partial charge on any atom is 0.437 e. The van der Waals surface area contributed by atoms with Crippen molar-refractivity contribution >= 4 is 39.0 Å². The van der Waals surface area contributed by atoms with Crippen LogP contribution >= 0.6 is 22.9 Å². The van der Waals surface area contributed by atoms with Gasteiger partial charge in [0.1, 0.15) is 11.3 Å². The number of pyridine rings is 1. The lowest BCUT2D eigenvalue weighted by Crippen LogP contribution is -2.36. The first kappa shape index (κ1) is 19.3. The van der Waals surface area contributed by atoms with Crippen molar-refractivity contribution in [2.75, 3.05) is 5.32 Å². The van der Waals surface area contributed by atoms with Gasteiger partial charge < -0.3 is 10.4 Å². The summed E-state index contributed by atoms with van der Waals surface area (Å²) in [5.74, 6) is 0.132. The van der Waals surface area contributed by atoms with Crippen molar-refractivity contribution in [1.29, 1.82) is 0 Å². The molecule has 2 aromatic carbocycles. The van der Waals surface area contributed by atoms with Crippen molar-refractivity contribution < 1.29 is 14.3 Å². The van der Waals surface area contributed by atoms with E-state index >= 15 is 0 Å². The molecule has 0 amide bonds. The SMILES string of the molecule is O=c1o[nH][n+](-c2cccc(Cl)c2)c1-c1csc(NCc2ccc3cccnc3c2O)n1. The average Bonchev–Trinajstić information content (AvgIpc) is 3.39. The minimum absolute atomic E-state index is 0.132. The van der Waals surface area contributed by atoms with Crippen LogP contribution in [0.1, 0.15) is 5.56 Å². The van der Waals surface area contributed by atoms with Gasteiger partial charge in [0, 0.05) is 46.2 Å². The van der Waals surface area contributed by atoms with Crippen LogP contribution in [0, 0.1) is 0 Å². The Labute approximate surface area is 184 Å². The number of halogens is 1. The lowest BCUT2D eigenvalue weighted by atomic mass is 10.1. The highest BCUT2D eigenvalue weighted by Crippen LogP contribution is 2.28. The van der Waals surface area contributed by atoms with Gasteiger partial charge in [-0.25, -0.2) is 9.78 Å². The maximum absolute atomic E-state index is 12.3. The van der Waals surface area contributed by atoms with Crippen molar-refractivity contribution in [3.8, 4) is 22.8 Å². The van der Waals surface area contributed by atoms with E-state index in [1.165, 1.54) is 16.0 Å². The number of nitrogens with zero attached hydrogens (tertiary/aromatic N) is 3. The molecule has 0 aliphatic carbocycles. The summed E-state index contributed by atoms with van der Waals surface area (Å²) >= 11 is 7.41. The number of aromatic hydroxyl groups is 1. The highest BCUT2D eigenvalue weighted by Gasteiger charge is 2.28. The molecular formula is C21H15ClN5O3S+. The van der Waals surface area contributed by atoms with Crippen LogP contribution in [0.5, 0.6) is 5.75 Å². The van der Waals surface area contributed by atoms with Gasteiger partial charge >= 0.3 is 11.3 Å². The molecule has 5 aromatic rings. The van der Waals surface area contributed by atoms with E-state index in [1.54, 1.807) is 35.8 Å². The summed E-state index contributed by atoms with van der Waals surface area (Å²) in [7, 11) is 0. The minimum atomic E-state index is -0.546. The molecule has 5 rings (SSSR count). The van der Waals surface area contributed by atoms with E-state index in [0.717, 1.165) is 5.39 Å². The topological polar surface area (TPSA) is 108 Å². The molecule has 0 fully saturated rings. The molecule has 3 aromatic heterocycles. The highest BCUT2D eigenvalue weighted by atomic mass is 35.5. The number of aromatic amines is 1. The second kappa shape index (κ2) is 7.86. The van der Waals surface area contributed by atoms with Gasteiger partial charge in [0.25, 0.3) is 0 Å². The molecular weight excluding hydrogens is 438 g/mol. The number of H-pyrrole nitrogens is 1. The van der Waals surface area contributed by atoms with E-state index in [2.05, 4.69) is 20.6 Å². The summed E-state index contributed by atoms with van der Waals surface area (Å²) in [4.78, 5) is 21.1. The summed E-state index contributed by atoms with van der Waals surface area (Å²) in [6.07, 6.45) is 1.64. The minimum Gasteiger partial charge on any atom is -0.505 e. The van der Waals surface area contributed by atoms with E-state index in [-0.39, 0.29) is 11.4 Å². The number of anilines is 1. The van der Waals surface area contributed by atoms with Crippen LogP contribution in [0.3, 0.4) is 0 Å². The van der Waals surface area contributed by atoms with Crippen molar-refractivity contribution in [1.82, 2.24) is 15.2 Å². The lowest BCUT2D eigenvalue weighted by Gasteiger charge is -2.07. The summed E-state index contributed by atoms with van der Waals surface area (Å²) in [6.45, 7) is 0.349. The fraction of sp³-hybridized carbons (Fsp3) is 0.0476. The molecule has 3 heterocycles. The zero-order valence-corrected chi connectivity index (χ0v) is 17.4. The fourth-order valence-corrected chi connectivity index (χ4v) is 4.12. The number of rotatable bonds is 5. The molecule has 154 valence electrons. The van der Waals surface area contributed by atoms with Crippen LogP contribution in [0.2, 0.25) is 5.02 Å². The third-order valence-corrected chi connectivity index (χ3v) is 5.76. The Kier molecular flexibility index (Phi) is 4.89. The highest BCUT2D eigenvalue weighted by molar-refractivity contribution is 7.14. The number of hydrogen-bond donors (Lipinski definition) is 3. The van der Waals surface area contributed by atoms with Gasteiger partial charge in [-0.05, 0) is 22.1 Å². The van der Waals surface area contributed by atoms with Gasteiger partial charge in [0.15, 0.2) is 10.8 Å². The number of aromatic nitrogens is 4. The fourth-order valence-electron chi connectivity index (χ4n) is 3.24. The number of thiazole rings is 1. The molecule has 31 heavy (non-hydrogen) atoms. The van der Waals surface area contributed by atoms with Crippen LogP contribution < -0.4 is 15.6 Å². The second-order valence-electron chi connectivity index (χ2n) is 6.68. The van der Waals surface area contributed by atoms with Crippen LogP contribution in [0.25, 0.3) is 28.0 Å². The number of hydrogen-bond acceptors (Lipinski definition) is 7. The van der Waals surface area contributed by atoms with Crippen molar-refractivity contribution in [3.63, 3.8) is 0 Å². The van der Waals surface area contributed by atoms with Crippen molar-refractivity contribution in [3.05, 3.63) is 81.1 Å². The number of nitrogens with one attached hydrogen (secondary N) is 2. The summed E-state index contributed by atoms with van der Waals surface area (Å²) < 4.78 is 6.48. The first-order valence-electron chi connectivity index (χ1n) is 9.25. The molecule has 0 spiro atoms. The summed E-state index contributed by atoms with van der Waals surface area (Å²) in [5, 5.41) is 20.0.